The number of hydroxylamine groups is 2. The van der Waals surface area contributed by atoms with Crippen molar-refractivity contribution in [1.82, 2.24) is 35.9 Å². The molecule has 308 valence electrons. The number of nitrogens with one attached hydrogen (secondary N) is 4. The number of amides is 5. The van der Waals surface area contributed by atoms with Crippen LogP contribution in [0.3, 0.4) is 0 Å². The zero-order chi connectivity index (χ0) is 41.9. The van der Waals surface area contributed by atoms with Gasteiger partial charge in [-0.25, -0.2) is 18.6 Å². The van der Waals surface area contributed by atoms with E-state index in [0.717, 1.165) is 23.8 Å². The summed E-state index contributed by atoms with van der Waals surface area (Å²) in [6.45, 7) is 12.4. The lowest BCUT2D eigenvalue weighted by Gasteiger charge is -2.32. The molecule has 0 radical (unpaired) electrons. The average Bonchev–Trinajstić information content (AvgIpc) is 3.70. The maximum atomic E-state index is 14.9. The molecule has 1 aliphatic rings. The third-order valence-corrected chi connectivity index (χ3v) is 9.33. The third-order valence-electron chi connectivity index (χ3n) is 9.33. The predicted octanol–water partition coefficient (Wildman–Crippen LogP) is 4.48. The summed E-state index contributed by atoms with van der Waals surface area (Å²) >= 11 is 0. The van der Waals surface area contributed by atoms with Gasteiger partial charge < -0.3 is 30.7 Å². The first-order valence-corrected chi connectivity index (χ1v) is 19.2. The van der Waals surface area contributed by atoms with Crippen LogP contribution in [0.1, 0.15) is 97.5 Å². The predicted molar refractivity (Wildman–Crippen MR) is 206 cm³/mol. The van der Waals surface area contributed by atoms with Gasteiger partial charge in [-0.05, 0) is 61.4 Å². The molecule has 4 N–H and O–H groups in total. The molecule has 1 fully saturated rings. The second-order valence-electron chi connectivity index (χ2n) is 15.5. The van der Waals surface area contributed by atoms with E-state index in [-0.39, 0.29) is 61.6 Å². The fourth-order valence-corrected chi connectivity index (χ4v) is 6.22. The molecule has 1 saturated heterocycles. The molecule has 3 aromatic rings. The summed E-state index contributed by atoms with van der Waals surface area (Å²) in [4.78, 5) is 83.6. The number of halogens is 2. The highest BCUT2D eigenvalue weighted by Crippen LogP contribution is 2.35. The van der Waals surface area contributed by atoms with E-state index in [1.54, 1.807) is 20.0 Å². The number of rotatable bonds is 19. The van der Waals surface area contributed by atoms with Gasteiger partial charge in [-0.3, -0.25) is 24.0 Å². The van der Waals surface area contributed by atoms with Crippen molar-refractivity contribution in [2.45, 2.75) is 105 Å². The van der Waals surface area contributed by atoms with Gasteiger partial charge in [0.15, 0.2) is 0 Å². The Morgan fingerprint density at radius 3 is 2.21 bits per heavy atom. The van der Waals surface area contributed by atoms with E-state index in [2.05, 4.69) is 21.3 Å². The summed E-state index contributed by atoms with van der Waals surface area (Å²) in [5, 5.41) is 12.1. The van der Waals surface area contributed by atoms with E-state index in [4.69, 9.17) is 9.82 Å². The molecule has 5 amide bonds. The molecule has 0 bridgehead atoms. The van der Waals surface area contributed by atoms with Crippen molar-refractivity contribution >= 4 is 35.5 Å². The summed E-state index contributed by atoms with van der Waals surface area (Å²) in [5.41, 5.74) is 1.03. The van der Waals surface area contributed by atoms with Crippen molar-refractivity contribution in [3.8, 4) is 11.3 Å². The van der Waals surface area contributed by atoms with Crippen molar-refractivity contribution < 1.29 is 42.4 Å². The lowest BCUT2D eigenvalue weighted by molar-refractivity contribution is -0.197. The monoisotopic (exact) mass is 793 g/mol. The Kier molecular flexibility index (Phi) is 15.6. The van der Waals surface area contributed by atoms with E-state index in [0.29, 0.717) is 36.1 Å². The second kappa shape index (κ2) is 20.1. The van der Waals surface area contributed by atoms with Gasteiger partial charge in [0.25, 0.3) is 11.8 Å². The van der Waals surface area contributed by atoms with E-state index in [1.807, 2.05) is 55.7 Å². The van der Waals surface area contributed by atoms with Gasteiger partial charge in [-0.2, -0.15) is 0 Å². The highest BCUT2D eigenvalue weighted by molar-refractivity contribution is 6.01. The van der Waals surface area contributed by atoms with Gasteiger partial charge in [0, 0.05) is 50.5 Å². The largest absolute Gasteiger partial charge is 0.354 e. The molecule has 0 spiro atoms. The van der Waals surface area contributed by atoms with Crippen molar-refractivity contribution in [1.29, 1.82) is 0 Å². The van der Waals surface area contributed by atoms with Crippen molar-refractivity contribution in [2.75, 3.05) is 13.1 Å². The minimum atomic E-state index is -0.953. The summed E-state index contributed by atoms with van der Waals surface area (Å²) in [5.74, 6) is -4.31. The number of carbonyl (C=O) groups is 6. The number of carbonyl (C=O) groups excluding carboxylic acids is 6. The Balaban J connectivity index is 1.28. The smallest absolute Gasteiger partial charge is 0.333 e. The quantitative estimate of drug-likeness (QED) is 0.101. The van der Waals surface area contributed by atoms with Crippen LogP contribution in [0.4, 0.5) is 8.78 Å². The standard InChI is InChI=1S/C41H53F2N7O7/c1-25(2)36(48-32(51)14-10-15-35(54)57-50-33(52)18-19-34(50)53)40(56)46-26(3)39(55)45-21-11-20-44-37(41(4,5)6)38-47-31(29-22-28(42)16-17-30(29)43)24-49(38)23-27-12-8-7-9-13-27/h7-9,12-13,16-17,22,24-26,36-37,44H,10-11,14-15,18-21,23H2,1-6H3,(H,45,55)(H,46,56)(H,48,51)/t26-,36-,37-/m0/s1. The maximum Gasteiger partial charge on any atom is 0.333 e. The van der Waals surface area contributed by atoms with Gasteiger partial charge >= 0.3 is 5.97 Å². The topological polar surface area (TPSA) is 181 Å². The van der Waals surface area contributed by atoms with Crippen LogP contribution in [0.5, 0.6) is 0 Å². The zero-order valence-corrected chi connectivity index (χ0v) is 33.3. The second-order valence-corrected chi connectivity index (χ2v) is 15.5. The van der Waals surface area contributed by atoms with Crippen LogP contribution in [-0.2, 0) is 40.1 Å². The van der Waals surface area contributed by atoms with Crippen LogP contribution < -0.4 is 21.3 Å². The molecule has 14 nitrogen and oxygen atoms in total. The van der Waals surface area contributed by atoms with Gasteiger partial charge in [0.05, 0.1) is 11.7 Å². The maximum absolute atomic E-state index is 14.9. The van der Waals surface area contributed by atoms with Crippen molar-refractivity contribution in [3.05, 3.63) is 77.8 Å². The van der Waals surface area contributed by atoms with Crippen LogP contribution in [0.2, 0.25) is 0 Å². The molecular weight excluding hydrogens is 740 g/mol. The van der Waals surface area contributed by atoms with Crippen LogP contribution in [0.15, 0.2) is 54.7 Å². The molecule has 2 aromatic carbocycles. The Morgan fingerprint density at radius 2 is 1.56 bits per heavy atom. The van der Waals surface area contributed by atoms with Crippen LogP contribution in [-0.4, -0.2) is 75.3 Å². The van der Waals surface area contributed by atoms with Gasteiger partial charge in [-0.1, -0.05) is 65.0 Å². The Labute approximate surface area is 331 Å². The van der Waals surface area contributed by atoms with Gasteiger partial charge in [0.1, 0.15) is 29.5 Å². The first-order chi connectivity index (χ1) is 26.9. The molecule has 1 aromatic heterocycles. The number of aromatic nitrogens is 2. The fraction of sp³-hybridized carbons (Fsp3) is 0.488. The van der Waals surface area contributed by atoms with Crippen LogP contribution in [0.25, 0.3) is 11.3 Å². The number of hydrogen-bond donors (Lipinski definition) is 4. The number of nitrogens with zero attached hydrogens (tertiary/aromatic N) is 3. The molecule has 4 rings (SSSR count). The highest BCUT2D eigenvalue weighted by atomic mass is 19.1. The summed E-state index contributed by atoms with van der Waals surface area (Å²) in [7, 11) is 0. The molecule has 0 unspecified atom stereocenters. The van der Waals surface area contributed by atoms with Crippen molar-refractivity contribution in [2.24, 2.45) is 11.3 Å². The molecule has 1 aliphatic heterocycles. The molecule has 16 heteroatoms. The Hall–Kier alpha value is -5.51. The van der Waals surface area contributed by atoms with Gasteiger partial charge in [-0.15, -0.1) is 5.06 Å². The number of hydrogen-bond acceptors (Lipinski definition) is 9. The summed E-state index contributed by atoms with van der Waals surface area (Å²) < 4.78 is 31.0. The molecule has 0 saturated carbocycles. The first-order valence-electron chi connectivity index (χ1n) is 19.2. The number of benzene rings is 2. The molecule has 0 aliphatic carbocycles. The minimum absolute atomic E-state index is 0.0261. The van der Waals surface area contributed by atoms with Crippen molar-refractivity contribution in [3.63, 3.8) is 0 Å². The average molecular weight is 794 g/mol. The highest BCUT2D eigenvalue weighted by Gasteiger charge is 2.33. The lowest BCUT2D eigenvalue weighted by Crippen LogP contribution is -2.54. The van der Waals surface area contributed by atoms with E-state index in [9.17, 15) is 37.5 Å². The summed E-state index contributed by atoms with van der Waals surface area (Å²) in [6, 6.07) is 10.8. The lowest BCUT2D eigenvalue weighted by atomic mass is 9.86. The first kappa shape index (κ1) is 44.2. The zero-order valence-electron chi connectivity index (χ0n) is 33.3. The fourth-order valence-electron chi connectivity index (χ4n) is 6.22. The van der Waals surface area contributed by atoms with E-state index >= 15 is 0 Å². The summed E-state index contributed by atoms with van der Waals surface area (Å²) in [6.07, 6.45) is 1.93. The van der Waals surface area contributed by atoms with E-state index in [1.165, 1.54) is 6.92 Å². The molecule has 57 heavy (non-hydrogen) atoms. The number of imide groups is 1. The molecule has 3 atom stereocenters. The number of imidazole rings is 1. The third kappa shape index (κ3) is 12.8. The Bertz CT molecular complexity index is 1900. The van der Waals surface area contributed by atoms with Crippen LogP contribution >= 0.6 is 0 Å². The van der Waals surface area contributed by atoms with Crippen LogP contribution in [0, 0.1) is 23.0 Å². The minimum Gasteiger partial charge on any atom is -0.354 e. The SMILES string of the molecule is CC(C)[C@H](NC(=O)CCCC(=O)ON1C(=O)CCC1=O)C(=O)N[C@@H](C)C(=O)NCCCN[C@@H](c1nc(-c2cc(F)ccc2F)cn1Cc1ccccc1)C(C)(C)C. The molecular formula is C41H53F2N7O7. The van der Waals surface area contributed by atoms with E-state index < -0.39 is 59.2 Å². The normalized spacial score (nSPS) is 14.6. The Morgan fingerprint density at radius 1 is 0.877 bits per heavy atom. The molecule has 2 heterocycles. The van der Waals surface area contributed by atoms with Gasteiger partial charge in [0.2, 0.25) is 17.7 Å².